The molecule has 0 unspecified atom stereocenters. The molecule has 0 saturated carbocycles. The van der Waals surface area contributed by atoms with Crippen molar-refractivity contribution < 1.29 is 24.2 Å². The van der Waals surface area contributed by atoms with Gasteiger partial charge in [0.05, 0.1) is 19.0 Å². The van der Waals surface area contributed by atoms with Crippen molar-refractivity contribution in [1.82, 2.24) is 19.5 Å². The van der Waals surface area contributed by atoms with E-state index in [-0.39, 0.29) is 31.3 Å². The largest absolute Gasteiger partial charge is 0.457 e. The third kappa shape index (κ3) is 4.66. The second kappa shape index (κ2) is 10.3. The van der Waals surface area contributed by atoms with Gasteiger partial charge in [-0.25, -0.2) is 15.0 Å². The van der Waals surface area contributed by atoms with Gasteiger partial charge in [0, 0.05) is 29.9 Å². The van der Waals surface area contributed by atoms with Gasteiger partial charge in [0.1, 0.15) is 6.33 Å². The van der Waals surface area contributed by atoms with Gasteiger partial charge in [-0.15, -0.1) is 0 Å². The minimum atomic E-state index is -0.850. The second-order valence-corrected chi connectivity index (χ2v) is 7.60. The van der Waals surface area contributed by atoms with Crippen LogP contribution >= 0.6 is 0 Å². The van der Waals surface area contributed by atoms with E-state index in [1.54, 1.807) is 28.8 Å². The fourth-order valence-electron chi connectivity index (χ4n) is 4.04. The van der Waals surface area contributed by atoms with Gasteiger partial charge in [-0.1, -0.05) is 23.3 Å². The summed E-state index contributed by atoms with van der Waals surface area (Å²) in [6, 6.07) is 8.66. The third-order valence-electron chi connectivity index (χ3n) is 5.48. The van der Waals surface area contributed by atoms with Crippen LogP contribution in [0.2, 0.25) is 0 Å². The van der Waals surface area contributed by atoms with Crippen molar-refractivity contribution in [3.8, 4) is 0 Å². The zero-order valence-electron chi connectivity index (χ0n) is 18.2. The number of ether oxygens (including phenoxy) is 2. The molecule has 4 atom stereocenters. The van der Waals surface area contributed by atoms with Gasteiger partial charge >= 0.3 is 5.97 Å². The molecule has 3 aromatic rings. The Bertz CT molecular complexity index is 1230. The number of amides is 1. The molecule has 1 aliphatic heterocycles. The lowest BCUT2D eigenvalue weighted by atomic mass is 9.94. The maximum absolute atomic E-state index is 12.6. The topological polar surface area (TPSA) is 177 Å². The van der Waals surface area contributed by atoms with Crippen molar-refractivity contribution in [1.29, 1.82) is 0 Å². The highest BCUT2D eigenvalue weighted by Gasteiger charge is 2.47. The molecule has 0 spiro atoms. The molecule has 4 rings (SSSR count). The molecule has 1 aliphatic rings. The smallest absolute Gasteiger partial charge is 0.303 e. The van der Waals surface area contributed by atoms with Crippen molar-refractivity contribution >= 4 is 28.9 Å². The van der Waals surface area contributed by atoms with Crippen molar-refractivity contribution in [2.75, 3.05) is 18.5 Å². The normalized spacial score (nSPS) is 21.7. The van der Waals surface area contributed by atoms with E-state index in [0.717, 1.165) is 0 Å². The van der Waals surface area contributed by atoms with E-state index in [9.17, 15) is 14.7 Å². The SMILES string of the molecule is CC(=O)O[C@@H]1[C@H](CCO)[C@@H](CN=[N+]=[N-])O[C@H]1n1cnc2c(NC(=O)c3ccccc3)ncnc21. The Morgan fingerprint density at radius 1 is 1.29 bits per heavy atom. The first-order valence-corrected chi connectivity index (χ1v) is 10.5. The Balaban J connectivity index is 1.69. The van der Waals surface area contributed by atoms with Gasteiger partial charge < -0.3 is 19.9 Å². The van der Waals surface area contributed by atoms with E-state index in [4.69, 9.17) is 15.0 Å². The number of benzene rings is 1. The molecular formula is C21H22N8O5. The first-order valence-electron chi connectivity index (χ1n) is 10.5. The van der Waals surface area contributed by atoms with Crippen LogP contribution in [-0.4, -0.2) is 61.9 Å². The number of aliphatic hydroxyl groups is 1. The lowest BCUT2D eigenvalue weighted by Gasteiger charge is -2.23. The molecule has 2 aromatic heterocycles. The summed E-state index contributed by atoms with van der Waals surface area (Å²) in [7, 11) is 0. The standard InChI is InChI=1S/C21H22N8O5/c1-12(31)33-17-14(7-8-30)15(9-26-28-22)34-21(17)29-11-25-16-18(23-10-24-19(16)29)27-20(32)13-5-3-2-4-6-13/h2-6,10-11,14-15,17,21,30H,7-9H2,1H3,(H,23,24,27,32)/t14-,15-,17-,21-/m1/s1. The molecule has 34 heavy (non-hydrogen) atoms. The number of aromatic nitrogens is 4. The zero-order chi connectivity index (χ0) is 24.1. The maximum atomic E-state index is 12.6. The van der Waals surface area contributed by atoms with Gasteiger partial charge in [0.2, 0.25) is 0 Å². The Hall–Kier alpha value is -4.06. The van der Waals surface area contributed by atoms with E-state index in [0.29, 0.717) is 16.7 Å². The molecule has 176 valence electrons. The second-order valence-electron chi connectivity index (χ2n) is 7.60. The van der Waals surface area contributed by atoms with E-state index in [1.807, 2.05) is 6.07 Å². The summed E-state index contributed by atoms with van der Waals surface area (Å²) in [5, 5.41) is 15.9. The molecule has 13 nitrogen and oxygen atoms in total. The van der Waals surface area contributed by atoms with Gasteiger partial charge in [0.15, 0.2) is 29.3 Å². The van der Waals surface area contributed by atoms with Gasteiger partial charge in [-0.3, -0.25) is 14.2 Å². The number of fused-ring (bicyclic) bond motifs is 1. The third-order valence-corrected chi connectivity index (χ3v) is 5.48. The summed E-state index contributed by atoms with van der Waals surface area (Å²) in [4.78, 5) is 40.0. The highest BCUT2D eigenvalue weighted by Crippen LogP contribution is 2.39. The number of anilines is 1. The highest BCUT2D eigenvalue weighted by atomic mass is 16.6. The lowest BCUT2D eigenvalue weighted by Crippen LogP contribution is -2.32. The molecule has 0 bridgehead atoms. The fraction of sp³-hybridized carbons (Fsp3) is 0.381. The molecule has 2 N–H and O–H groups in total. The first-order chi connectivity index (χ1) is 16.5. The van der Waals surface area contributed by atoms with Crippen molar-refractivity contribution in [2.24, 2.45) is 11.0 Å². The zero-order valence-corrected chi connectivity index (χ0v) is 18.2. The summed E-state index contributed by atoms with van der Waals surface area (Å²) in [5.74, 6) is -1.11. The highest BCUT2D eigenvalue weighted by molar-refractivity contribution is 6.06. The van der Waals surface area contributed by atoms with Crippen LogP contribution in [0.15, 0.2) is 48.1 Å². The quantitative estimate of drug-likeness (QED) is 0.220. The van der Waals surface area contributed by atoms with Crippen LogP contribution in [0, 0.1) is 5.92 Å². The Labute approximate surface area is 193 Å². The molecule has 13 heteroatoms. The van der Waals surface area contributed by atoms with E-state index in [2.05, 4.69) is 30.3 Å². The average molecular weight is 466 g/mol. The van der Waals surface area contributed by atoms with Gasteiger partial charge in [-0.05, 0) is 24.1 Å². The summed E-state index contributed by atoms with van der Waals surface area (Å²) < 4.78 is 13.2. The molecule has 0 aliphatic carbocycles. The van der Waals surface area contributed by atoms with E-state index >= 15 is 0 Å². The summed E-state index contributed by atoms with van der Waals surface area (Å²) >= 11 is 0. The van der Waals surface area contributed by atoms with E-state index in [1.165, 1.54) is 19.6 Å². The van der Waals surface area contributed by atoms with E-state index < -0.39 is 30.3 Å². The number of hydrogen-bond donors (Lipinski definition) is 2. The Kier molecular flexibility index (Phi) is 6.97. The van der Waals surface area contributed by atoms with Crippen LogP contribution in [0.1, 0.15) is 29.9 Å². The number of nitrogens with one attached hydrogen (secondary N) is 1. The molecular weight excluding hydrogens is 444 g/mol. The van der Waals surface area contributed by atoms with Crippen molar-refractivity contribution in [3.05, 3.63) is 59.0 Å². The van der Waals surface area contributed by atoms with Crippen molar-refractivity contribution in [2.45, 2.75) is 31.8 Å². The van der Waals surface area contributed by atoms with Gasteiger partial charge in [-0.2, -0.15) is 0 Å². The number of carbonyl (C=O) groups excluding carboxylic acids is 2. The fourth-order valence-corrected chi connectivity index (χ4v) is 4.04. The summed E-state index contributed by atoms with van der Waals surface area (Å²) in [5.41, 5.74) is 9.84. The van der Waals surface area contributed by atoms with Crippen LogP contribution in [0.3, 0.4) is 0 Å². The first kappa shape index (κ1) is 23.1. The van der Waals surface area contributed by atoms with Crippen LogP contribution in [0.25, 0.3) is 21.6 Å². The molecule has 1 amide bonds. The van der Waals surface area contributed by atoms with Gasteiger partial charge in [0.25, 0.3) is 5.91 Å². The van der Waals surface area contributed by atoms with Crippen molar-refractivity contribution in [3.63, 3.8) is 0 Å². The predicted octanol–water partition coefficient (Wildman–Crippen LogP) is 2.22. The lowest BCUT2D eigenvalue weighted by molar-refractivity contribution is -0.153. The number of imidazole rings is 1. The van der Waals surface area contributed by atoms with Crippen LogP contribution in [-0.2, 0) is 14.3 Å². The number of rotatable bonds is 8. The molecule has 0 radical (unpaired) electrons. The van der Waals surface area contributed by atoms with Crippen LogP contribution in [0.4, 0.5) is 5.82 Å². The monoisotopic (exact) mass is 466 g/mol. The summed E-state index contributed by atoms with van der Waals surface area (Å²) in [6.07, 6.45) is 0.744. The van der Waals surface area contributed by atoms with Crippen LogP contribution < -0.4 is 5.32 Å². The Morgan fingerprint density at radius 3 is 2.79 bits per heavy atom. The maximum Gasteiger partial charge on any atom is 0.303 e. The molecule has 1 saturated heterocycles. The predicted molar refractivity (Wildman–Crippen MR) is 118 cm³/mol. The number of nitrogens with zero attached hydrogens (tertiary/aromatic N) is 7. The number of carbonyl (C=O) groups is 2. The molecule has 3 heterocycles. The number of esters is 1. The minimum absolute atomic E-state index is 0.00454. The van der Waals surface area contributed by atoms with Crippen LogP contribution in [0.5, 0.6) is 0 Å². The molecule has 1 aromatic carbocycles. The molecule has 1 fully saturated rings. The summed E-state index contributed by atoms with van der Waals surface area (Å²) in [6.45, 7) is 1.10. The number of hydrogen-bond acceptors (Lipinski definition) is 9. The average Bonchev–Trinajstić information content (AvgIpc) is 3.40. The Morgan fingerprint density at radius 2 is 2.09 bits per heavy atom. The number of azide groups is 1. The minimum Gasteiger partial charge on any atom is -0.457 e. The number of aliphatic hydroxyl groups excluding tert-OH is 1.